The van der Waals surface area contributed by atoms with Crippen LogP contribution in [0.3, 0.4) is 0 Å². The van der Waals surface area contributed by atoms with Crippen molar-refractivity contribution in [1.82, 2.24) is 4.90 Å². The zero-order valence-electron chi connectivity index (χ0n) is 16.7. The molecule has 1 saturated heterocycles. The van der Waals surface area contributed by atoms with E-state index in [9.17, 15) is 19.5 Å². The van der Waals surface area contributed by atoms with Crippen molar-refractivity contribution in [2.45, 2.75) is 12.8 Å². The van der Waals surface area contributed by atoms with Crippen molar-refractivity contribution in [2.75, 3.05) is 19.0 Å². The molecule has 9 heteroatoms. The van der Waals surface area contributed by atoms with Crippen LogP contribution in [0.15, 0.2) is 53.4 Å². The zero-order chi connectivity index (χ0) is 22.4. The normalized spacial score (nSPS) is 14.7. The van der Waals surface area contributed by atoms with E-state index < -0.39 is 5.97 Å². The SMILES string of the molecule is COc1ccc(/C=C2\SC(=S)N(CCCC(=O)Nc3ccccc3C(=O)O)C2=O)cc1. The van der Waals surface area contributed by atoms with Gasteiger partial charge in [0, 0.05) is 13.0 Å². The predicted octanol–water partition coefficient (Wildman–Crippen LogP) is 4.01. The summed E-state index contributed by atoms with van der Waals surface area (Å²) in [4.78, 5) is 38.1. The van der Waals surface area contributed by atoms with Gasteiger partial charge in [0.25, 0.3) is 5.91 Å². The number of rotatable bonds is 8. The van der Waals surface area contributed by atoms with Crippen LogP contribution in [0.4, 0.5) is 5.69 Å². The van der Waals surface area contributed by atoms with Crippen LogP contribution in [0.25, 0.3) is 6.08 Å². The van der Waals surface area contributed by atoms with E-state index in [0.717, 1.165) is 11.3 Å². The number of methoxy groups -OCH3 is 1. The summed E-state index contributed by atoms with van der Waals surface area (Å²) < 4.78 is 5.58. The molecular weight excluding hydrogens is 436 g/mol. The van der Waals surface area contributed by atoms with E-state index in [2.05, 4.69) is 5.32 Å². The van der Waals surface area contributed by atoms with Crippen molar-refractivity contribution in [2.24, 2.45) is 0 Å². The Morgan fingerprint density at radius 1 is 1.19 bits per heavy atom. The summed E-state index contributed by atoms with van der Waals surface area (Å²) in [6.45, 7) is 0.304. The van der Waals surface area contributed by atoms with Crippen molar-refractivity contribution in [1.29, 1.82) is 0 Å². The van der Waals surface area contributed by atoms with E-state index >= 15 is 0 Å². The maximum absolute atomic E-state index is 12.7. The van der Waals surface area contributed by atoms with Gasteiger partial charge in [-0.2, -0.15) is 0 Å². The Bertz CT molecular complexity index is 1050. The molecule has 7 nitrogen and oxygen atoms in total. The van der Waals surface area contributed by atoms with Crippen molar-refractivity contribution < 1.29 is 24.2 Å². The number of carbonyl (C=O) groups is 3. The molecule has 0 aromatic heterocycles. The van der Waals surface area contributed by atoms with Gasteiger partial charge in [-0.15, -0.1) is 0 Å². The smallest absolute Gasteiger partial charge is 0.337 e. The van der Waals surface area contributed by atoms with Gasteiger partial charge >= 0.3 is 5.97 Å². The van der Waals surface area contributed by atoms with Crippen LogP contribution in [-0.4, -0.2) is 45.8 Å². The molecule has 1 fully saturated rings. The molecule has 2 N–H and O–H groups in total. The Kier molecular flexibility index (Phi) is 7.43. The van der Waals surface area contributed by atoms with Crippen LogP contribution >= 0.6 is 24.0 Å². The summed E-state index contributed by atoms with van der Waals surface area (Å²) in [6.07, 6.45) is 2.29. The number of hydrogen-bond acceptors (Lipinski definition) is 6. The van der Waals surface area contributed by atoms with Gasteiger partial charge in [-0.25, -0.2) is 4.79 Å². The van der Waals surface area contributed by atoms with E-state index in [1.54, 1.807) is 25.3 Å². The molecule has 2 aromatic carbocycles. The number of ether oxygens (including phenoxy) is 1. The fourth-order valence-electron chi connectivity index (χ4n) is 2.93. The molecule has 0 spiro atoms. The lowest BCUT2D eigenvalue weighted by atomic mass is 10.1. The summed E-state index contributed by atoms with van der Waals surface area (Å²) in [6, 6.07) is 13.5. The van der Waals surface area contributed by atoms with Crippen molar-refractivity contribution in [3.8, 4) is 5.75 Å². The minimum atomic E-state index is -1.11. The van der Waals surface area contributed by atoms with Gasteiger partial charge in [-0.05, 0) is 42.3 Å². The molecule has 2 amide bonds. The lowest BCUT2D eigenvalue weighted by Gasteiger charge is -2.14. The maximum Gasteiger partial charge on any atom is 0.337 e. The van der Waals surface area contributed by atoms with Gasteiger partial charge in [0.05, 0.1) is 23.3 Å². The average Bonchev–Trinajstić information content (AvgIpc) is 3.02. The molecule has 2 aromatic rings. The molecule has 1 aliphatic heterocycles. The first-order chi connectivity index (χ1) is 14.9. The standard InChI is InChI=1S/C22H20N2O5S2/c1-29-15-10-8-14(9-11-15)13-18-20(26)24(22(30)31-18)12-4-7-19(25)23-17-6-3-2-5-16(17)21(27)28/h2-3,5-6,8-11,13H,4,7,12H2,1H3,(H,23,25)(H,27,28)/b18-13-. The molecule has 0 aliphatic carbocycles. The Hall–Kier alpha value is -3.17. The summed E-state index contributed by atoms with van der Waals surface area (Å²) >= 11 is 6.55. The Morgan fingerprint density at radius 2 is 1.90 bits per heavy atom. The fraction of sp³-hybridized carbons (Fsp3) is 0.182. The van der Waals surface area contributed by atoms with Crippen molar-refractivity contribution in [3.63, 3.8) is 0 Å². The number of para-hydroxylation sites is 1. The molecule has 0 radical (unpaired) electrons. The molecule has 0 atom stereocenters. The first-order valence-corrected chi connectivity index (χ1v) is 10.6. The van der Waals surface area contributed by atoms with Crippen molar-refractivity contribution >= 4 is 57.8 Å². The number of carboxylic acid groups (broad SMARTS) is 1. The highest BCUT2D eigenvalue weighted by atomic mass is 32.2. The number of thioether (sulfide) groups is 1. The van der Waals surface area contributed by atoms with Crippen LogP contribution in [0.2, 0.25) is 0 Å². The number of nitrogens with one attached hydrogen (secondary N) is 1. The number of hydrogen-bond donors (Lipinski definition) is 2. The van der Waals surface area contributed by atoms with Gasteiger partial charge < -0.3 is 15.2 Å². The lowest BCUT2D eigenvalue weighted by molar-refractivity contribution is -0.122. The summed E-state index contributed by atoms with van der Waals surface area (Å²) in [7, 11) is 1.59. The number of carbonyl (C=O) groups excluding carboxylic acids is 2. The van der Waals surface area contributed by atoms with Gasteiger partial charge in [0.1, 0.15) is 10.1 Å². The first kappa shape index (κ1) is 22.5. The fourth-order valence-corrected chi connectivity index (χ4v) is 4.24. The second-order valence-corrected chi connectivity index (χ2v) is 8.28. The number of aromatic carboxylic acids is 1. The molecule has 31 heavy (non-hydrogen) atoms. The molecular formula is C22H20N2O5S2. The largest absolute Gasteiger partial charge is 0.497 e. The molecule has 160 valence electrons. The highest BCUT2D eigenvalue weighted by molar-refractivity contribution is 8.26. The topological polar surface area (TPSA) is 95.9 Å². The van der Waals surface area contributed by atoms with Gasteiger partial charge in [0.2, 0.25) is 5.91 Å². The maximum atomic E-state index is 12.7. The number of benzene rings is 2. The van der Waals surface area contributed by atoms with Crippen LogP contribution < -0.4 is 10.1 Å². The quantitative estimate of drug-likeness (QED) is 0.458. The first-order valence-electron chi connectivity index (χ1n) is 9.40. The number of amides is 2. The monoisotopic (exact) mass is 456 g/mol. The highest BCUT2D eigenvalue weighted by Gasteiger charge is 2.31. The summed E-state index contributed by atoms with van der Waals surface area (Å²) in [5.74, 6) is -0.901. The molecule has 1 aliphatic rings. The predicted molar refractivity (Wildman–Crippen MR) is 124 cm³/mol. The Balaban J connectivity index is 1.55. The molecule has 3 rings (SSSR count). The van der Waals surface area contributed by atoms with E-state index in [1.807, 2.05) is 24.3 Å². The van der Waals surface area contributed by atoms with E-state index in [0.29, 0.717) is 22.2 Å². The van der Waals surface area contributed by atoms with Crippen LogP contribution in [0, 0.1) is 0 Å². The third kappa shape index (κ3) is 5.71. The second-order valence-electron chi connectivity index (χ2n) is 6.61. The Labute approximate surface area is 189 Å². The number of carboxylic acids is 1. The van der Waals surface area contributed by atoms with Gasteiger partial charge in [0.15, 0.2) is 0 Å². The highest BCUT2D eigenvalue weighted by Crippen LogP contribution is 2.33. The third-order valence-electron chi connectivity index (χ3n) is 4.50. The third-order valence-corrected chi connectivity index (χ3v) is 5.88. The molecule has 0 unspecified atom stereocenters. The van der Waals surface area contributed by atoms with E-state index in [4.69, 9.17) is 17.0 Å². The lowest BCUT2D eigenvalue weighted by Crippen LogP contribution is -2.29. The van der Waals surface area contributed by atoms with Crippen LogP contribution in [-0.2, 0) is 9.59 Å². The van der Waals surface area contributed by atoms with Crippen LogP contribution in [0.5, 0.6) is 5.75 Å². The molecule has 1 heterocycles. The second kappa shape index (κ2) is 10.2. The summed E-state index contributed by atoms with van der Waals surface area (Å²) in [5.41, 5.74) is 1.13. The summed E-state index contributed by atoms with van der Waals surface area (Å²) in [5, 5.41) is 11.8. The molecule has 0 saturated carbocycles. The van der Waals surface area contributed by atoms with Gasteiger partial charge in [-0.3, -0.25) is 14.5 Å². The number of anilines is 1. The van der Waals surface area contributed by atoms with Crippen molar-refractivity contribution in [3.05, 3.63) is 64.6 Å². The van der Waals surface area contributed by atoms with Crippen LogP contribution in [0.1, 0.15) is 28.8 Å². The number of nitrogens with zero attached hydrogens (tertiary/aromatic N) is 1. The Morgan fingerprint density at radius 3 is 2.58 bits per heavy atom. The molecule has 0 bridgehead atoms. The number of thiocarbonyl (C=S) groups is 1. The minimum Gasteiger partial charge on any atom is -0.497 e. The minimum absolute atomic E-state index is 0.0245. The zero-order valence-corrected chi connectivity index (χ0v) is 18.3. The van der Waals surface area contributed by atoms with E-state index in [1.165, 1.54) is 28.8 Å². The van der Waals surface area contributed by atoms with E-state index in [-0.39, 0.29) is 29.5 Å². The van der Waals surface area contributed by atoms with Gasteiger partial charge in [-0.1, -0.05) is 48.2 Å². The average molecular weight is 457 g/mol.